The summed E-state index contributed by atoms with van der Waals surface area (Å²) in [7, 11) is 0. The van der Waals surface area contributed by atoms with Crippen molar-refractivity contribution in [3.05, 3.63) is 0 Å². The van der Waals surface area contributed by atoms with Crippen molar-refractivity contribution in [2.24, 2.45) is 5.73 Å². The minimum absolute atomic E-state index is 0.0409. The number of aliphatic hydroxyl groups is 1. The van der Waals surface area contributed by atoms with Crippen LogP contribution in [0.15, 0.2) is 0 Å². The number of thioether (sulfide) groups is 1. The fraction of sp³-hybridized carbons (Fsp3) is 0.923. The Morgan fingerprint density at radius 3 is 2.61 bits per heavy atom. The van der Waals surface area contributed by atoms with Gasteiger partial charge in [0.15, 0.2) is 0 Å². The highest BCUT2D eigenvalue weighted by Crippen LogP contribution is 2.28. The minimum Gasteiger partial charge on any atom is -0.387 e. The topological polar surface area (TPSA) is 75.3 Å². The Labute approximate surface area is 114 Å². The van der Waals surface area contributed by atoms with Crippen LogP contribution in [0.25, 0.3) is 0 Å². The first-order valence-electron chi connectivity index (χ1n) is 6.64. The van der Waals surface area contributed by atoms with Crippen molar-refractivity contribution in [1.29, 1.82) is 0 Å². The highest BCUT2D eigenvalue weighted by Gasteiger charge is 2.30. The zero-order valence-corrected chi connectivity index (χ0v) is 12.3. The first kappa shape index (κ1) is 15.8. The van der Waals surface area contributed by atoms with Crippen LogP contribution in [0.1, 0.15) is 45.4 Å². The molecule has 0 radical (unpaired) electrons. The van der Waals surface area contributed by atoms with Crippen LogP contribution in [-0.4, -0.2) is 40.7 Å². The second kappa shape index (κ2) is 6.78. The van der Waals surface area contributed by atoms with Gasteiger partial charge < -0.3 is 16.2 Å². The van der Waals surface area contributed by atoms with E-state index >= 15 is 0 Å². The first-order chi connectivity index (χ1) is 8.37. The molecule has 0 aliphatic heterocycles. The number of rotatable bonds is 6. The molecule has 5 heteroatoms. The lowest BCUT2D eigenvalue weighted by Gasteiger charge is -2.33. The van der Waals surface area contributed by atoms with Crippen molar-refractivity contribution in [2.45, 2.75) is 56.6 Å². The Morgan fingerprint density at radius 2 is 2.06 bits per heavy atom. The van der Waals surface area contributed by atoms with Gasteiger partial charge in [-0.05, 0) is 26.0 Å². The molecular weight excluding hydrogens is 248 g/mol. The van der Waals surface area contributed by atoms with Gasteiger partial charge in [-0.2, -0.15) is 11.8 Å². The molecule has 4 nitrogen and oxygen atoms in total. The first-order valence-corrected chi connectivity index (χ1v) is 8.03. The third-order valence-electron chi connectivity index (χ3n) is 3.48. The standard InChI is InChI=1S/C13H26N2O2S/c1-12(17,10-18-2)9-15-11(16)8-13(14)6-4-3-5-7-13/h17H,3-10,14H2,1-2H3,(H,15,16). The molecule has 1 atom stereocenters. The van der Waals surface area contributed by atoms with Crippen molar-refractivity contribution < 1.29 is 9.90 Å². The summed E-state index contributed by atoms with van der Waals surface area (Å²) in [6.07, 6.45) is 7.64. The van der Waals surface area contributed by atoms with E-state index < -0.39 is 5.60 Å². The summed E-state index contributed by atoms with van der Waals surface area (Å²) >= 11 is 1.57. The third-order valence-corrected chi connectivity index (χ3v) is 4.39. The van der Waals surface area contributed by atoms with Crippen LogP contribution in [0.5, 0.6) is 0 Å². The molecule has 1 amide bonds. The second-order valence-corrected chi connectivity index (χ2v) is 6.67. The van der Waals surface area contributed by atoms with Crippen LogP contribution in [0.4, 0.5) is 0 Å². The van der Waals surface area contributed by atoms with E-state index in [4.69, 9.17) is 5.73 Å². The molecule has 1 unspecified atom stereocenters. The summed E-state index contributed by atoms with van der Waals surface area (Å²) in [6, 6.07) is 0. The maximum absolute atomic E-state index is 11.9. The van der Waals surface area contributed by atoms with E-state index in [9.17, 15) is 9.90 Å². The van der Waals surface area contributed by atoms with Gasteiger partial charge in [0.25, 0.3) is 0 Å². The average molecular weight is 274 g/mol. The molecule has 0 aromatic rings. The Kier molecular flexibility index (Phi) is 5.95. The summed E-state index contributed by atoms with van der Waals surface area (Å²) < 4.78 is 0. The molecule has 0 heterocycles. The summed E-state index contributed by atoms with van der Waals surface area (Å²) in [5.41, 5.74) is 5.06. The lowest BCUT2D eigenvalue weighted by molar-refractivity contribution is -0.123. The van der Waals surface area contributed by atoms with Crippen LogP contribution >= 0.6 is 11.8 Å². The maximum atomic E-state index is 11.9. The second-order valence-electron chi connectivity index (χ2n) is 5.81. The summed E-state index contributed by atoms with van der Waals surface area (Å²) in [6.45, 7) is 2.03. The van der Waals surface area contributed by atoms with Crippen LogP contribution in [0.3, 0.4) is 0 Å². The van der Waals surface area contributed by atoms with Crippen LogP contribution < -0.4 is 11.1 Å². The molecule has 4 N–H and O–H groups in total. The van der Waals surface area contributed by atoms with Gasteiger partial charge in [-0.1, -0.05) is 19.3 Å². The zero-order valence-electron chi connectivity index (χ0n) is 11.5. The van der Waals surface area contributed by atoms with E-state index in [1.165, 1.54) is 6.42 Å². The fourth-order valence-corrected chi connectivity index (χ4v) is 3.19. The normalized spacial score (nSPS) is 22.2. The van der Waals surface area contributed by atoms with Gasteiger partial charge in [-0.15, -0.1) is 0 Å². The number of hydrogen-bond acceptors (Lipinski definition) is 4. The summed E-state index contributed by atoms with van der Waals surface area (Å²) in [4.78, 5) is 11.9. The van der Waals surface area contributed by atoms with Crippen LogP contribution in [-0.2, 0) is 4.79 Å². The number of carbonyl (C=O) groups is 1. The predicted octanol–water partition coefficient (Wildman–Crippen LogP) is 1.27. The van der Waals surface area contributed by atoms with E-state index in [1.54, 1.807) is 18.7 Å². The minimum atomic E-state index is -0.844. The highest BCUT2D eigenvalue weighted by molar-refractivity contribution is 7.98. The third kappa shape index (κ3) is 5.59. The number of carbonyl (C=O) groups excluding carboxylic acids is 1. The maximum Gasteiger partial charge on any atom is 0.221 e. The predicted molar refractivity (Wildman–Crippen MR) is 76.6 cm³/mol. The Bertz CT molecular complexity index is 276. The quantitative estimate of drug-likeness (QED) is 0.682. The molecule has 0 saturated heterocycles. The molecule has 0 aromatic heterocycles. The van der Waals surface area contributed by atoms with E-state index in [0.29, 0.717) is 18.7 Å². The molecule has 1 saturated carbocycles. The molecule has 1 aliphatic rings. The molecule has 1 aliphatic carbocycles. The summed E-state index contributed by atoms with van der Waals surface area (Å²) in [5.74, 6) is 0.571. The number of amides is 1. The van der Waals surface area contributed by atoms with Crippen LogP contribution in [0.2, 0.25) is 0 Å². The summed E-state index contributed by atoms with van der Waals surface area (Å²) in [5, 5.41) is 12.8. The van der Waals surface area contributed by atoms with Gasteiger partial charge in [-0.3, -0.25) is 4.79 Å². The number of hydrogen-bond donors (Lipinski definition) is 3. The molecule has 0 spiro atoms. The molecule has 106 valence electrons. The van der Waals surface area contributed by atoms with Gasteiger partial charge >= 0.3 is 0 Å². The average Bonchev–Trinajstić information content (AvgIpc) is 2.27. The smallest absolute Gasteiger partial charge is 0.221 e. The lowest BCUT2D eigenvalue weighted by Crippen LogP contribution is -2.48. The fourth-order valence-electron chi connectivity index (χ4n) is 2.47. The van der Waals surface area contributed by atoms with Crippen molar-refractivity contribution in [1.82, 2.24) is 5.32 Å². The Hall–Kier alpha value is -0.260. The Morgan fingerprint density at radius 1 is 1.44 bits per heavy atom. The number of nitrogens with two attached hydrogens (primary N) is 1. The molecule has 1 fully saturated rings. The van der Waals surface area contributed by atoms with Gasteiger partial charge in [0, 0.05) is 24.3 Å². The monoisotopic (exact) mass is 274 g/mol. The zero-order chi connectivity index (χ0) is 13.6. The van der Waals surface area contributed by atoms with E-state index in [1.807, 2.05) is 6.26 Å². The van der Waals surface area contributed by atoms with Crippen molar-refractivity contribution >= 4 is 17.7 Å². The van der Waals surface area contributed by atoms with Gasteiger partial charge in [-0.25, -0.2) is 0 Å². The van der Waals surface area contributed by atoms with E-state index in [-0.39, 0.29) is 11.4 Å². The largest absolute Gasteiger partial charge is 0.387 e. The van der Waals surface area contributed by atoms with Crippen molar-refractivity contribution in [3.8, 4) is 0 Å². The molecule has 1 rings (SSSR count). The SMILES string of the molecule is CSCC(C)(O)CNC(=O)CC1(N)CCCCC1. The molecular formula is C13H26N2O2S. The van der Waals surface area contributed by atoms with E-state index in [0.717, 1.165) is 25.7 Å². The molecule has 18 heavy (non-hydrogen) atoms. The Balaban J connectivity index is 2.32. The number of nitrogens with one attached hydrogen (secondary N) is 1. The van der Waals surface area contributed by atoms with Gasteiger partial charge in [0.05, 0.1) is 5.60 Å². The van der Waals surface area contributed by atoms with Gasteiger partial charge in [0.2, 0.25) is 5.91 Å². The highest BCUT2D eigenvalue weighted by atomic mass is 32.2. The van der Waals surface area contributed by atoms with Crippen molar-refractivity contribution in [3.63, 3.8) is 0 Å². The lowest BCUT2D eigenvalue weighted by atomic mass is 9.80. The van der Waals surface area contributed by atoms with Crippen LogP contribution in [0, 0.1) is 0 Å². The molecule has 0 aromatic carbocycles. The van der Waals surface area contributed by atoms with Gasteiger partial charge in [0.1, 0.15) is 0 Å². The van der Waals surface area contributed by atoms with E-state index in [2.05, 4.69) is 5.32 Å². The molecule has 0 bridgehead atoms. The van der Waals surface area contributed by atoms with Crippen molar-refractivity contribution in [2.75, 3.05) is 18.6 Å².